The molecule has 4 aliphatic carbocycles. The quantitative estimate of drug-likeness (QED) is 0.0555. The number of nitrogens with zero attached hydrogens (tertiary/aromatic N) is 6. The molecule has 71 heavy (non-hydrogen) atoms. The number of hydrazine groups is 6. The summed E-state index contributed by atoms with van der Waals surface area (Å²) in [4.78, 5) is 71.8. The fourth-order valence-electron chi connectivity index (χ4n) is 7.00. The van der Waals surface area contributed by atoms with E-state index in [0.717, 1.165) is 85.3 Å². The Bertz CT molecular complexity index is 2180. The van der Waals surface area contributed by atoms with Gasteiger partial charge >= 0.3 is 0 Å². The van der Waals surface area contributed by atoms with Crippen LogP contribution < -0.4 is 32.6 Å². The molecule has 0 spiro atoms. The summed E-state index contributed by atoms with van der Waals surface area (Å²) >= 11 is 0. The molecule has 18 heteroatoms. The molecule has 384 valence electrons. The van der Waals surface area contributed by atoms with Crippen molar-refractivity contribution in [3.05, 3.63) is 134 Å². The summed E-state index contributed by atoms with van der Waals surface area (Å²) < 4.78 is 0. The Morgan fingerprint density at radius 1 is 0.423 bits per heavy atom. The second-order valence-electron chi connectivity index (χ2n) is 19.3. The Morgan fingerprint density at radius 3 is 0.901 bits per heavy atom. The van der Waals surface area contributed by atoms with Crippen LogP contribution in [0.5, 0.6) is 0 Å². The fraction of sp³-hybridized carbons (Fsp3) is 0.434. The molecular formula is C53H76N12O6. The molecule has 0 radical (unpaired) electrons. The molecule has 4 fully saturated rings. The van der Waals surface area contributed by atoms with Crippen LogP contribution in [0.3, 0.4) is 0 Å². The lowest BCUT2D eigenvalue weighted by Crippen LogP contribution is -2.45. The summed E-state index contributed by atoms with van der Waals surface area (Å²) in [6, 6.07) is 18.9. The van der Waals surface area contributed by atoms with Crippen LogP contribution in [0.25, 0.3) is 11.4 Å². The van der Waals surface area contributed by atoms with Gasteiger partial charge in [-0.1, -0.05) is 114 Å². The fourth-order valence-corrected chi connectivity index (χ4v) is 7.00. The number of nitrogens with one attached hydrogen (secondary N) is 6. The molecule has 6 amide bonds. The largest absolute Gasteiger partial charge is 0.293 e. The molecule has 0 heterocycles. The highest BCUT2D eigenvalue weighted by atomic mass is 16.2. The van der Waals surface area contributed by atoms with E-state index in [-0.39, 0.29) is 53.7 Å². The van der Waals surface area contributed by atoms with Crippen molar-refractivity contribution < 1.29 is 28.8 Å². The van der Waals surface area contributed by atoms with Crippen molar-refractivity contribution in [3.8, 4) is 0 Å². The Kier molecular flexibility index (Phi) is 19.6. The third-order valence-corrected chi connectivity index (χ3v) is 12.9. The molecule has 6 N–H and O–H groups in total. The Morgan fingerprint density at radius 2 is 0.662 bits per heavy atom. The molecule has 0 saturated heterocycles. The van der Waals surface area contributed by atoms with Crippen LogP contribution in [0.2, 0.25) is 0 Å². The van der Waals surface area contributed by atoms with Crippen LogP contribution >= 0.6 is 0 Å². The molecule has 0 aliphatic heterocycles. The highest BCUT2D eigenvalue weighted by Gasteiger charge is 2.43. The first kappa shape index (κ1) is 56.1. The van der Waals surface area contributed by atoms with E-state index >= 15 is 0 Å². The standard InChI is InChI=1S/C21H24N4O2.C17H28N4O2.C15H24N4O2/c1-16(18-11-7-5-8-12-18)24(3)22-20(26)15-21(27)23-25(4)17(2)19-13-9-6-10-14-19;1-12(16(3)7-8-16)20(5)18-14(22)11-15(23)19-21(6)13(2)17(4)9-10-17;1-10(12-5-6-12)18(3)16-14(20)9-15(21)17-19(4)11(2)13-7-8-13/h5-14H,1-2,15H2,3-4H3,(H,22,26)(H,23,27);1-2,7-11H2,3-6H3,(H,18,22)(H,19,23);12-13H,1-2,5-9H2,3-4H3,(H,16,20)(H,17,21). The molecule has 0 atom stereocenters. The number of allylic oxidation sites excluding steroid dienone is 4. The predicted octanol–water partition coefficient (Wildman–Crippen LogP) is 5.72. The van der Waals surface area contributed by atoms with Gasteiger partial charge in [0, 0.05) is 87.7 Å². The Hall–Kier alpha value is -7.50. The highest BCUT2D eigenvalue weighted by molar-refractivity contribution is 5.98. The monoisotopic (exact) mass is 977 g/mol. The normalized spacial score (nSPS) is 15.0. The summed E-state index contributed by atoms with van der Waals surface area (Å²) in [5.41, 5.74) is 22.7. The first-order valence-electron chi connectivity index (χ1n) is 23.8. The molecule has 6 rings (SSSR count). The van der Waals surface area contributed by atoms with E-state index in [1.54, 1.807) is 62.3 Å². The average molecular weight is 977 g/mol. The van der Waals surface area contributed by atoms with Gasteiger partial charge in [0.1, 0.15) is 19.3 Å². The lowest BCUT2D eigenvalue weighted by Gasteiger charge is -2.28. The maximum Gasteiger partial charge on any atom is 0.247 e. The first-order chi connectivity index (χ1) is 33.3. The van der Waals surface area contributed by atoms with E-state index in [9.17, 15) is 28.8 Å². The molecular weight excluding hydrogens is 901 g/mol. The minimum Gasteiger partial charge on any atom is -0.293 e. The number of rotatable bonds is 24. The average Bonchev–Trinajstić information content (AvgIpc) is 4.09. The summed E-state index contributed by atoms with van der Waals surface area (Å²) in [5, 5.41) is 9.46. The van der Waals surface area contributed by atoms with E-state index in [4.69, 9.17) is 0 Å². The second kappa shape index (κ2) is 24.9. The van der Waals surface area contributed by atoms with Crippen molar-refractivity contribution >= 4 is 46.8 Å². The first-order valence-corrected chi connectivity index (χ1v) is 23.8. The molecule has 4 aliphatic rings. The molecule has 0 aromatic heterocycles. The van der Waals surface area contributed by atoms with E-state index in [1.165, 1.54) is 10.0 Å². The van der Waals surface area contributed by atoms with Gasteiger partial charge in [-0.2, -0.15) is 0 Å². The lowest BCUT2D eigenvalue weighted by atomic mass is 10.1. The zero-order valence-corrected chi connectivity index (χ0v) is 43.1. The van der Waals surface area contributed by atoms with Gasteiger partial charge in [0.25, 0.3) is 0 Å². The number of amides is 6. The zero-order valence-electron chi connectivity index (χ0n) is 43.1. The van der Waals surface area contributed by atoms with Crippen molar-refractivity contribution in [2.45, 2.75) is 84.5 Å². The summed E-state index contributed by atoms with van der Waals surface area (Å²) in [5.74, 6) is -1.34. The maximum atomic E-state index is 12.1. The second-order valence-corrected chi connectivity index (χ2v) is 19.3. The third-order valence-electron chi connectivity index (χ3n) is 12.9. The molecule has 0 unspecified atom stereocenters. The number of benzene rings is 2. The SMILES string of the molecule is C=C(C1CC1)N(C)NC(=O)CC(=O)NN(C)C(=C)C1CC1.C=C(N(C)NC(=O)CC(=O)NN(C)C(=C)C1(C)CC1)C1(C)CC1.C=C(c1ccccc1)N(C)NC(=O)CC(=O)NN(C)C(=C)c1ccccc1. The van der Waals surface area contributed by atoms with Gasteiger partial charge in [0.15, 0.2) is 0 Å². The van der Waals surface area contributed by atoms with E-state index in [0.29, 0.717) is 23.2 Å². The maximum absolute atomic E-state index is 12.1. The van der Waals surface area contributed by atoms with E-state index in [1.807, 2.05) is 60.7 Å². The number of carbonyl (C=O) groups is 6. The lowest BCUT2D eigenvalue weighted by molar-refractivity contribution is -0.135. The minimum absolute atomic E-state index is 0.0853. The van der Waals surface area contributed by atoms with Gasteiger partial charge in [0.2, 0.25) is 35.4 Å². The predicted molar refractivity (Wildman–Crippen MR) is 277 cm³/mol. The van der Waals surface area contributed by atoms with Gasteiger partial charge in [-0.05, 0) is 62.5 Å². The zero-order chi connectivity index (χ0) is 52.8. The molecule has 18 nitrogen and oxygen atoms in total. The number of carbonyl (C=O) groups excluding carboxylic acids is 6. The van der Waals surface area contributed by atoms with E-state index < -0.39 is 11.8 Å². The highest BCUT2D eigenvalue weighted by Crippen LogP contribution is 2.51. The van der Waals surface area contributed by atoms with Gasteiger partial charge in [-0.3, -0.25) is 91.4 Å². The van der Waals surface area contributed by atoms with Crippen molar-refractivity contribution in [1.29, 1.82) is 0 Å². The Labute approximate surface area is 420 Å². The van der Waals surface area contributed by atoms with Crippen LogP contribution in [0.4, 0.5) is 0 Å². The summed E-state index contributed by atoms with van der Waals surface area (Å²) in [6.45, 7) is 28.0. The van der Waals surface area contributed by atoms with E-state index in [2.05, 4.69) is 85.9 Å². The number of hydrogen-bond acceptors (Lipinski definition) is 12. The smallest absolute Gasteiger partial charge is 0.247 e. The van der Waals surface area contributed by atoms with Gasteiger partial charge in [0.05, 0.1) is 11.4 Å². The molecule has 0 bridgehead atoms. The number of hydrogen-bond donors (Lipinski definition) is 6. The third kappa shape index (κ3) is 18.1. The van der Waals surface area contributed by atoms with Gasteiger partial charge < -0.3 is 0 Å². The molecule has 2 aromatic rings. The summed E-state index contributed by atoms with van der Waals surface area (Å²) in [7, 11) is 10.4. The van der Waals surface area contributed by atoms with Crippen LogP contribution in [-0.2, 0) is 28.8 Å². The van der Waals surface area contributed by atoms with Crippen molar-refractivity contribution in [2.75, 3.05) is 42.3 Å². The van der Waals surface area contributed by atoms with Crippen LogP contribution in [0.1, 0.15) is 95.6 Å². The van der Waals surface area contributed by atoms with Gasteiger partial charge in [-0.15, -0.1) is 0 Å². The van der Waals surface area contributed by atoms with Crippen LogP contribution in [0.15, 0.2) is 123 Å². The minimum atomic E-state index is -0.439. The van der Waals surface area contributed by atoms with Gasteiger partial charge in [-0.25, -0.2) is 0 Å². The van der Waals surface area contributed by atoms with Crippen molar-refractivity contribution in [3.63, 3.8) is 0 Å². The van der Waals surface area contributed by atoms with Crippen molar-refractivity contribution in [2.24, 2.45) is 22.7 Å². The topological polar surface area (TPSA) is 194 Å². The van der Waals surface area contributed by atoms with Crippen LogP contribution in [-0.4, -0.2) is 108 Å². The van der Waals surface area contributed by atoms with Crippen LogP contribution in [0, 0.1) is 22.7 Å². The molecule has 2 aromatic carbocycles. The van der Waals surface area contributed by atoms with Crippen molar-refractivity contribution in [1.82, 2.24) is 62.6 Å². The molecule has 4 saturated carbocycles. The Balaban J connectivity index is 0.000000233. The summed E-state index contributed by atoms with van der Waals surface area (Å²) in [6.07, 6.45) is 8.03.